The Kier molecular flexibility index (Phi) is 6.33. The number of nitrogens with two attached hydrogens (primary N) is 1. The number of hydrogen-bond donors (Lipinski definition) is 2. The zero-order valence-corrected chi connectivity index (χ0v) is 15.3. The Morgan fingerprint density at radius 3 is 2.16 bits per heavy atom. The molecule has 134 valence electrons. The molecule has 0 unspecified atom stereocenters. The molecule has 0 aliphatic rings. The normalized spacial score (nSPS) is 12.9. The predicted octanol–water partition coefficient (Wildman–Crippen LogP) is 2.58. The van der Waals surface area contributed by atoms with Gasteiger partial charge in [-0.2, -0.15) is 0 Å². The quantitative estimate of drug-likeness (QED) is 0.758. The predicted molar refractivity (Wildman–Crippen MR) is 98.6 cm³/mol. The van der Waals surface area contributed by atoms with Crippen molar-refractivity contribution in [1.82, 2.24) is 4.72 Å². The highest BCUT2D eigenvalue weighted by Crippen LogP contribution is 2.18. The van der Waals surface area contributed by atoms with Crippen LogP contribution in [0.5, 0.6) is 0 Å². The van der Waals surface area contributed by atoms with E-state index in [-0.39, 0.29) is 16.4 Å². The topological polar surface area (TPSA) is 89.3 Å². The van der Waals surface area contributed by atoms with Gasteiger partial charge < -0.3 is 5.73 Å². The fourth-order valence-corrected chi connectivity index (χ4v) is 3.65. The van der Waals surface area contributed by atoms with E-state index >= 15 is 0 Å². The van der Waals surface area contributed by atoms with E-state index < -0.39 is 15.9 Å². The van der Waals surface area contributed by atoms with Gasteiger partial charge in [0.1, 0.15) is 0 Å². The van der Waals surface area contributed by atoms with Crippen molar-refractivity contribution in [2.75, 3.05) is 6.54 Å². The van der Waals surface area contributed by atoms with Crippen LogP contribution < -0.4 is 10.5 Å². The first-order chi connectivity index (χ1) is 11.8. The van der Waals surface area contributed by atoms with E-state index in [2.05, 4.69) is 18.6 Å². The summed E-state index contributed by atoms with van der Waals surface area (Å²) in [5.74, 6) is -0.0677. The van der Waals surface area contributed by atoms with E-state index in [0.717, 1.165) is 6.42 Å². The monoisotopic (exact) mass is 360 g/mol. The molecule has 1 atom stereocenters. The Morgan fingerprint density at radius 1 is 1.04 bits per heavy atom. The average molecular weight is 360 g/mol. The molecule has 0 aromatic heterocycles. The number of carbonyl (C=O) groups excluding carboxylic acids is 1. The molecule has 0 saturated carbocycles. The van der Waals surface area contributed by atoms with Gasteiger partial charge in [0.05, 0.1) is 4.90 Å². The van der Waals surface area contributed by atoms with Crippen molar-refractivity contribution < 1.29 is 13.2 Å². The number of sulfonamides is 1. The molecular weight excluding hydrogens is 336 g/mol. The highest BCUT2D eigenvalue weighted by molar-refractivity contribution is 7.89. The molecule has 0 fully saturated rings. The molecule has 5 nitrogen and oxygen atoms in total. The number of nitrogens with one attached hydrogen (secondary N) is 1. The van der Waals surface area contributed by atoms with Crippen molar-refractivity contribution in [2.24, 2.45) is 17.6 Å². The molecule has 0 aliphatic carbocycles. The minimum absolute atomic E-state index is 0.125. The van der Waals surface area contributed by atoms with Crippen molar-refractivity contribution in [3.8, 4) is 0 Å². The van der Waals surface area contributed by atoms with E-state index in [1.807, 2.05) is 30.3 Å². The van der Waals surface area contributed by atoms with Crippen LogP contribution in [0.15, 0.2) is 59.5 Å². The smallest absolute Gasteiger partial charge is 0.248 e. The summed E-state index contributed by atoms with van der Waals surface area (Å²) in [7, 11) is -3.63. The van der Waals surface area contributed by atoms with E-state index in [9.17, 15) is 13.2 Å². The molecule has 0 heterocycles. The summed E-state index contributed by atoms with van der Waals surface area (Å²) in [5.41, 5.74) is 6.64. The Bertz CT molecular complexity index is 800. The molecule has 2 aromatic rings. The number of carbonyl (C=O) groups is 1. The first kappa shape index (κ1) is 19.1. The second kappa shape index (κ2) is 8.27. The fraction of sp³-hybridized carbons (Fsp3) is 0.316. The van der Waals surface area contributed by atoms with Crippen molar-refractivity contribution in [2.45, 2.75) is 25.2 Å². The molecule has 3 N–H and O–H groups in total. The Labute approximate surface area is 149 Å². The second-order valence-electron chi connectivity index (χ2n) is 6.43. The van der Waals surface area contributed by atoms with Crippen LogP contribution in [-0.4, -0.2) is 20.9 Å². The highest BCUT2D eigenvalue weighted by atomic mass is 32.2. The minimum atomic E-state index is -3.63. The molecule has 2 rings (SSSR count). The zero-order valence-electron chi connectivity index (χ0n) is 14.5. The minimum Gasteiger partial charge on any atom is -0.366 e. The molecule has 0 radical (unpaired) electrons. The highest BCUT2D eigenvalue weighted by Gasteiger charge is 2.20. The molecule has 0 saturated heterocycles. The first-order valence-corrected chi connectivity index (χ1v) is 9.71. The van der Waals surface area contributed by atoms with Gasteiger partial charge in [-0.25, -0.2) is 13.1 Å². The lowest BCUT2D eigenvalue weighted by molar-refractivity contribution is 0.1000. The maximum absolute atomic E-state index is 12.5. The lowest BCUT2D eigenvalue weighted by Gasteiger charge is -2.21. The van der Waals surface area contributed by atoms with Gasteiger partial charge in [0.25, 0.3) is 0 Å². The third kappa shape index (κ3) is 5.41. The molecular formula is C19H24N2O3S. The maximum atomic E-state index is 12.5. The first-order valence-electron chi connectivity index (χ1n) is 8.23. The molecule has 0 spiro atoms. The average Bonchev–Trinajstić information content (AvgIpc) is 2.59. The summed E-state index contributed by atoms with van der Waals surface area (Å²) in [6.45, 7) is 4.53. The zero-order chi connectivity index (χ0) is 18.4. The largest absolute Gasteiger partial charge is 0.366 e. The molecule has 0 aliphatic heterocycles. The van der Waals surface area contributed by atoms with E-state index in [0.29, 0.717) is 12.5 Å². The van der Waals surface area contributed by atoms with Crippen LogP contribution >= 0.6 is 0 Å². The number of primary amides is 1. The number of hydrogen-bond acceptors (Lipinski definition) is 3. The van der Waals surface area contributed by atoms with Crippen LogP contribution in [0, 0.1) is 11.8 Å². The van der Waals surface area contributed by atoms with E-state index in [4.69, 9.17) is 5.73 Å². The van der Waals surface area contributed by atoms with Crippen LogP contribution in [-0.2, 0) is 16.4 Å². The van der Waals surface area contributed by atoms with Gasteiger partial charge in [-0.1, -0.05) is 44.2 Å². The van der Waals surface area contributed by atoms with Crippen LogP contribution in [0.1, 0.15) is 29.8 Å². The van der Waals surface area contributed by atoms with Crippen molar-refractivity contribution in [3.63, 3.8) is 0 Å². The van der Waals surface area contributed by atoms with Gasteiger partial charge in [-0.05, 0) is 48.1 Å². The van der Waals surface area contributed by atoms with Crippen LogP contribution in [0.2, 0.25) is 0 Å². The summed E-state index contributed by atoms with van der Waals surface area (Å²) in [6.07, 6.45) is 0.807. The Balaban J connectivity index is 2.06. The Hall–Kier alpha value is -2.18. The van der Waals surface area contributed by atoms with Crippen molar-refractivity contribution >= 4 is 15.9 Å². The van der Waals surface area contributed by atoms with Gasteiger partial charge in [-0.15, -0.1) is 0 Å². The molecule has 25 heavy (non-hydrogen) atoms. The third-order valence-electron chi connectivity index (χ3n) is 4.27. The summed E-state index contributed by atoms with van der Waals surface area (Å²) in [5, 5.41) is 0. The third-order valence-corrected chi connectivity index (χ3v) is 5.71. The summed E-state index contributed by atoms with van der Waals surface area (Å²) in [6, 6.07) is 15.6. The summed E-state index contributed by atoms with van der Waals surface area (Å²) >= 11 is 0. The number of benzene rings is 2. The summed E-state index contributed by atoms with van der Waals surface area (Å²) in [4.78, 5) is 11.2. The molecule has 1 amide bonds. The standard InChI is InChI=1S/C19H24N2O3S/c1-14(2)17(12-15-6-4-3-5-7-15)13-21-25(23,24)18-10-8-16(9-11-18)19(20)22/h3-11,14,17,21H,12-13H2,1-2H3,(H2,20,22)/t17-/m1/s1. The Morgan fingerprint density at radius 2 is 1.64 bits per heavy atom. The van der Waals surface area contributed by atoms with Crippen molar-refractivity contribution in [1.29, 1.82) is 0 Å². The lowest BCUT2D eigenvalue weighted by Crippen LogP contribution is -2.32. The van der Waals surface area contributed by atoms with Crippen LogP contribution in [0.4, 0.5) is 0 Å². The molecule has 0 bridgehead atoms. The maximum Gasteiger partial charge on any atom is 0.248 e. The van der Waals surface area contributed by atoms with Crippen LogP contribution in [0.25, 0.3) is 0 Å². The molecule has 2 aromatic carbocycles. The number of rotatable bonds is 8. The summed E-state index contributed by atoms with van der Waals surface area (Å²) < 4.78 is 27.6. The second-order valence-corrected chi connectivity index (χ2v) is 8.20. The van der Waals surface area contributed by atoms with E-state index in [1.54, 1.807) is 0 Å². The van der Waals surface area contributed by atoms with Gasteiger partial charge >= 0.3 is 0 Å². The molecule has 6 heteroatoms. The lowest BCUT2D eigenvalue weighted by atomic mass is 9.89. The van der Waals surface area contributed by atoms with Gasteiger partial charge in [0.2, 0.25) is 15.9 Å². The SMILES string of the molecule is CC(C)[C@@H](CNS(=O)(=O)c1ccc(C(N)=O)cc1)Cc1ccccc1. The number of amides is 1. The van der Waals surface area contributed by atoms with Crippen LogP contribution in [0.3, 0.4) is 0 Å². The van der Waals surface area contributed by atoms with Gasteiger partial charge in [-0.3, -0.25) is 4.79 Å². The van der Waals surface area contributed by atoms with E-state index in [1.165, 1.54) is 29.8 Å². The fourth-order valence-electron chi connectivity index (χ4n) is 2.56. The van der Waals surface area contributed by atoms with Gasteiger partial charge in [0, 0.05) is 12.1 Å². The van der Waals surface area contributed by atoms with Gasteiger partial charge in [0.15, 0.2) is 0 Å². The van der Waals surface area contributed by atoms with Crippen molar-refractivity contribution in [3.05, 3.63) is 65.7 Å².